The van der Waals surface area contributed by atoms with E-state index in [1.54, 1.807) is 0 Å². The SMILES string of the molecule is CC(C)(C)c1nc(CN2CC(C(=O)N3CCOCC3)Oc3ccccc32)no1. The number of anilines is 1. The van der Waals surface area contributed by atoms with Gasteiger partial charge in [0.15, 0.2) is 11.9 Å². The molecule has 1 aromatic heterocycles. The highest BCUT2D eigenvalue weighted by atomic mass is 16.5. The quantitative estimate of drug-likeness (QED) is 0.798. The molecule has 28 heavy (non-hydrogen) atoms. The van der Waals surface area contributed by atoms with Crippen molar-refractivity contribution in [1.29, 1.82) is 0 Å². The summed E-state index contributed by atoms with van der Waals surface area (Å²) in [7, 11) is 0. The number of para-hydroxylation sites is 2. The number of morpholine rings is 1. The molecule has 0 bridgehead atoms. The molecule has 3 heterocycles. The van der Waals surface area contributed by atoms with Gasteiger partial charge in [0.1, 0.15) is 5.75 Å². The molecule has 1 atom stereocenters. The second-order valence-electron chi connectivity index (χ2n) is 8.16. The third kappa shape index (κ3) is 3.82. The van der Waals surface area contributed by atoms with Gasteiger partial charge in [-0.1, -0.05) is 38.1 Å². The Labute approximate surface area is 164 Å². The molecule has 1 fully saturated rings. The number of carbonyl (C=O) groups excluding carboxylic acids is 1. The molecule has 8 nitrogen and oxygen atoms in total. The van der Waals surface area contributed by atoms with Crippen LogP contribution in [0.4, 0.5) is 5.69 Å². The molecule has 0 spiro atoms. The van der Waals surface area contributed by atoms with Crippen LogP contribution in [0.1, 0.15) is 32.5 Å². The van der Waals surface area contributed by atoms with E-state index in [4.69, 9.17) is 14.0 Å². The molecule has 2 aliphatic rings. The Morgan fingerprint density at radius 2 is 1.96 bits per heavy atom. The molecule has 0 aliphatic carbocycles. The fraction of sp³-hybridized carbons (Fsp3) is 0.550. The molecular weight excluding hydrogens is 360 g/mol. The van der Waals surface area contributed by atoms with Gasteiger partial charge in [-0.15, -0.1) is 0 Å². The highest BCUT2D eigenvalue weighted by Gasteiger charge is 2.34. The molecule has 0 radical (unpaired) electrons. The Bertz CT molecular complexity index is 839. The predicted octanol–water partition coefficient (Wildman–Crippen LogP) is 1.99. The number of ether oxygens (including phenoxy) is 2. The molecule has 1 unspecified atom stereocenters. The van der Waals surface area contributed by atoms with Crippen LogP contribution in [0.15, 0.2) is 28.8 Å². The Morgan fingerprint density at radius 3 is 2.68 bits per heavy atom. The van der Waals surface area contributed by atoms with E-state index in [1.807, 2.05) is 49.9 Å². The van der Waals surface area contributed by atoms with Crippen molar-refractivity contribution in [2.24, 2.45) is 0 Å². The fourth-order valence-corrected chi connectivity index (χ4v) is 3.37. The Morgan fingerprint density at radius 1 is 1.21 bits per heavy atom. The molecule has 0 N–H and O–H groups in total. The highest BCUT2D eigenvalue weighted by molar-refractivity contribution is 5.83. The van der Waals surface area contributed by atoms with Crippen LogP contribution in [-0.2, 0) is 21.5 Å². The van der Waals surface area contributed by atoms with Crippen molar-refractivity contribution in [1.82, 2.24) is 15.0 Å². The maximum absolute atomic E-state index is 13.0. The lowest BCUT2D eigenvalue weighted by molar-refractivity contribution is -0.142. The summed E-state index contributed by atoms with van der Waals surface area (Å²) < 4.78 is 16.8. The summed E-state index contributed by atoms with van der Waals surface area (Å²) in [6.07, 6.45) is -0.568. The van der Waals surface area contributed by atoms with Crippen molar-refractivity contribution in [2.45, 2.75) is 38.8 Å². The zero-order chi connectivity index (χ0) is 19.7. The minimum absolute atomic E-state index is 0.00806. The van der Waals surface area contributed by atoms with E-state index in [0.717, 1.165) is 5.69 Å². The average molecular weight is 386 g/mol. The van der Waals surface area contributed by atoms with Crippen LogP contribution >= 0.6 is 0 Å². The minimum Gasteiger partial charge on any atom is -0.477 e. The summed E-state index contributed by atoms with van der Waals surface area (Å²) >= 11 is 0. The van der Waals surface area contributed by atoms with Crippen molar-refractivity contribution < 1.29 is 18.8 Å². The molecule has 4 rings (SSSR count). The van der Waals surface area contributed by atoms with Gasteiger partial charge in [0, 0.05) is 18.5 Å². The molecule has 2 aromatic rings. The van der Waals surface area contributed by atoms with Crippen molar-refractivity contribution >= 4 is 11.6 Å². The number of aromatic nitrogens is 2. The van der Waals surface area contributed by atoms with Gasteiger partial charge < -0.3 is 23.8 Å². The molecular formula is C20H26N4O4. The van der Waals surface area contributed by atoms with Crippen molar-refractivity contribution in [3.8, 4) is 5.75 Å². The third-order valence-corrected chi connectivity index (χ3v) is 4.90. The number of fused-ring (bicyclic) bond motifs is 1. The predicted molar refractivity (Wildman–Crippen MR) is 102 cm³/mol. The summed E-state index contributed by atoms with van der Waals surface area (Å²) in [6, 6.07) is 7.73. The first-order valence-corrected chi connectivity index (χ1v) is 9.62. The number of amides is 1. The first-order chi connectivity index (χ1) is 13.4. The maximum Gasteiger partial charge on any atom is 0.265 e. The zero-order valence-corrected chi connectivity index (χ0v) is 16.6. The number of hydrogen-bond donors (Lipinski definition) is 0. The van der Waals surface area contributed by atoms with E-state index in [-0.39, 0.29) is 11.3 Å². The fourth-order valence-electron chi connectivity index (χ4n) is 3.37. The summed E-state index contributed by atoms with van der Waals surface area (Å²) in [5.41, 5.74) is 0.721. The smallest absolute Gasteiger partial charge is 0.265 e. The van der Waals surface area contributed by atoms with Gasteiger partial charge in [-0.2, -0.15) is 4.98 Å². The largest absolute Gasteiger partial charge is 0.477 e. The minimum atomic E-state index is -0.568. The number of benzene rings is 1. The topological polar surface area (TPSA) is 80.9 Å². The molecule has 0 saturated carbocycles. The molecule has 2 aliphatic heterocycles. The number of nitrogens with zero attached hydrogens (tertiary/aromatic N) is 4. The van der Waals surface area contributed by atoms with Gasteiger partial charge in [0.2, 0.25) is 5.89 Å². The summed E-state index contributed by atoms with van der Waals surface area (Å²) in [5.74, 6) is 1.88. The van der Waals surface area contributed by atoms with Crippen LogP contribution in [0.2, 0.25) is 0 Å². The van der Waals surface area contributed by atoms with Crippen LogP contribution in [0.5, 0.6) is 5.75 Å². The van der Waals surface area contributed by atoms with Crippen molar-refractivity contribution in [3.63, 3.8) is 0 Å². The summed E-state index contributed by atoms with van der Waals surface area (Å²) in [4.78, 5) is 21.4. The van der Waals surface area contributed by atoms with Crippen molar-refractivity contribution in [2.75, 3.05) is 37.7 Å². The van der Waals surface area contributed by atoms with E-state index in [0.29, 0.717) is 56.9 Å². The van der Waals surface area contributed by atoms with Crippen LogP contribution in [0.3, 0.4) is 0 Å². The van der Waals surface area contributed by atoms with Crippen LogP contribution < -0.4 is 9.64 Å². The molecule has 1 saturated heterocycles. The van der Waals surface area contributed by atoms with Crippen LogP contribution in [0.25, 0.3) is 0 Å². The Balaban J connectivity index is 1.55. The standard InChI is InChI=1S/C20H26N4O4/c1-20(2,3)19-21-17(22-28-19)13-24-12-16(18(25)23-8-10-26-11-9-23)27-15-7-5-4-6-14(15)24/h4-7,16H,8-13H2,1-3H3. The van der Waals surface area contributed by atoms with Gasteiger partial charge in [-0.25, -0.2) is 0 Å². The second-order valence-corrected chi connectivity index (χ2v) is 8.16. The number of carbonyl (C=O) groups is 1. The molecule has 1 amide bonds. The lowest BCUT2D eigenvalue weighted by atomic mass is 9.97. The lowest BCUT2D eigenvalue weighted by Gasteiger charge is -2.37. The average Bonchev–Trinajstić information content (AvgIpc) is 3.17. The van der Waals surface area contributed by atoms with Crippen LogP contribution in [-0.4, -0.2) is 59.9 Å². The Kier molecular flexibility index (Phi) is 4.97. The number of hydrogen-bond acceptors (Lipinski definition) is 7. The Hall–Kier alpha value is -2.61. The van der Waals surface area contributed by atoms with E-state index >= 15 is 0 Å². The number of rotatable bonds is 3. The zero-order valence-electron chi connectivity index (χ0n) is 16.6. The van der Waals surface area contributed by atoms with Gasteiger partial charge in [-0.3, -0.25) is 4.79 Å². The normalized spacial score (nSPS) is 19.9. The molecule has 8 heteroatoms. The van der Waals surface area contributed by atoms with E-state index < -0.39 is 6.10 Å². The first-order valence-electron chi connectivity index (χ1n) is 9.62. The van der Waals surface area contributed by atoms with E-state index in [1.165, 1.54) is 0 Å². The van der Waals surface area contributed by atoms with Crippen molar-refractivity contribution in [3.05, 3.63) is 36.0 Å². The second kappa shape index (κ2) is 7.43. The lowest BCUT2D eigenvalue weighted by Crippen LogP contribution is -2.52. The highest BCUT2D eigenvalue weighted by Crippen LogP contribution is 2.34. The van der Waals surface area contributed by atoms with Crippen LogP contribution in [0, 0.1) is 0 Å². The van der Waals surface area contributed by atoms with Gasteiger partial charge >= 0.3 is 0 Å². The van der Waals surface area contributed by atoms with Gasteiger partial charge in [0.25, 0.3) is 5.91 Å². The molecule has 150 valence electrons. The molecule has 1 aromatic carbocycles. The van der Waals surface area contributed by atoms with Gasteiger partial charge in [-0.05, 0) is 12.1 Å². The third-order valence-electron chi connectivity index (χ3n) is 4.90. The summed E-state index contributed by atoms with van der Waals surface area (Å²) in [5, 5.41) is 4.13. The summed E-state index contributed by atoms with van der Waals surface area (Å²) in [6.45, 7) is 9.32. The van der Waals surface area contributed by atoms with E-state index in [2.05, 4.69) is 15.0 Å². The maximum atomic E-state index is 13.0. The van der Waals surface area contributed by atoms with E-state index in [9.17, 15) is 4.79 Å². The monoisotopic (exact) mass is 386 g/mol. The van der Waals surface area contributed by atoms with Gasteiger partial charge in [0.05, 0.1) is 32.0 Å². The first kappa shape index (κ1) is 18.7.